The van der Waals surface area contributed by atoms with Crippen molar-refractivity contribution in [1.29, 1.82) is 0 Å². The maximum atomic E-state index is 11.4. The Bertz CT molecular complexity index is 371. The molecule has 1 aliphatic carbocycles. The highest BCUT2D eigenvalue weighted by Crippen LogP contribution is 2.18. The van der Waals surface area contributed by atoms with E-state index in [9.17, 15) is 4.79 Å². The highest BCUT2D eigenvalue weighted by Gasteiger charge is 2.19. The van der Waals surface area contributed by atoms with E-state index in [2.05, 4.69) is 21.2 Å². The standard InChI is InChI=1S/C10H13BrN2O/c11-8-1-4-10(14)13(7-8)6-5-12-9-2-3-9/h1,4,7,9,12H,2-3,5-6H2. The first kappa shape index (κ1) is 9.93. The van der Waals surface area contributed by atoms with Gasteiger partial charge in [-0.15, -0.1) is 0 Å². The summed E-state index contributed by atoms with van der Waals surface area (Å²) in [6, 6.07) is 4.06. The lowest BCUT2D eigenvalue weighted by Gasteiger charge is -2.06. The molecule has 0 spiro atoms. The molecule has 0 unspecified atom stereocenters. The number of nitrogens with zero attached hydrogens (tertiary/aromatic N) is 1. The van der Waals surface area contributed by atoms with Gasteiger partial charge in [-0.25, -0.2) is 0 Å². The Morgan fingerprint density at radius 1 is 1.50 bits per heavy atom. The summed E-state index contributed by atoms with van der Waals surface area (Å²) >= 11 is 3.35. The number of nitrogens with one attached hydrogen (secondary N) is 1. The van der Waals surface area contributed by atoms with Gasteiger partial charge in [-0.05, 0) is 34.8 Å². The predicted molar refractivity (Wildman–Crippen MR) is 59.4 cm³/mol. The Balaban J connectivity index is 1.93. The van der Waals surface area contributed by atoms with Gasteiger partial charge in [-0.2, -0.15) is 0 Å². The molecule has 1 aromatic rings. The molecule has 1 aromatic heterocycles. The number of halogens is 1. The minimum atomic E-state index is 0.0609. The molecule has 14 heavy (non-hydrogen) atoms. The lowest BCUT2D eigenvalue weighted by atomic mass is 10.4. The summed E-state index contributed by atoms with van der Waals surface area (Å²) in [5.74, 6) is 0. The van der Waals surface area contributed by atoms with Crippen molar-refractivity contribution in [2.24, 2.45) is 0 Å². The molecule has 0 radical (unpaired) electrons. The fourth-order valence-corrected chi connectivity index (χ4v) is 1.73. The van der Waals surface area contributed by atoms with Crippen LogP contribution in [0, 0.1) is 0 Å². The molecule has 0 bridgehead atoms. The Kier molecular flexibility index (Phi) is 3.03. The molecule has 1 saturated carbocycles. The van der Waals surface area contributed by atoms with Gasteiger partial charge in [0.25, 0.3) is 5.56 Å². The fourth-order valence-electron chi connectivity index (χ4n) is 1.35. The van der Waals surface area contributed by atoms with Crippen molar-refractivity contribution in [2.75, 3.05) is 6.54 Å². The van der Waals surface area contributed by atoms with Gasteiger partial charge in [0.2, 0.25) is 0 Å². The fraction of sp³-hybridized carbons (Fsp3) is 0.500. The van der Waals surface area contributed by atoms with E-state index in [1.165, 1.54) is 12.8 Å². The van der Waals surface area contributed by atoms with E-state index in [0.29, 0.717) is 6.04 Å². The number of rotatable bonds is 4. The normalized spacial score (nSPS) is 15.8. The molecule has 0 atom stereocenters. The summed E-state index contributed by atoms with van der Waals surface area (Å²) < 4.78 is 2.67. The first-order valence-corrected chi connectivity index (χ1v) is 5.64. The maximum Gasteiger partial charge on any atom is 0.250 e. The summed E-state index contributed by atoms with van der Waals surface area (Å²) in [7, 11) is 0. The van der Waals surface area contributed by atoms with Gasteiger partial charge in [0.15, 0.2) is 0 Å². The number of hydrogen-bond acceptors (Lipinski definition) is 2. The summed E-state index contributed by atoms with van der Waals surface area (Å²) in [6.07, 6.45) is 4.40. The van der Waals surface area contributed by atoms with Gasteiger partial charge in [0.05, 0.1) is 0 Å². The summed E-state index contributed by atoms with van der Waals surface area (Å²) in [4.78, 5) is 11.4. The second kappa shape index (κ2) is 4.28. The van der Waals surface area contributed by atoms with Crippen LogP contribution in [0.15, 0.2) is 27.6 Å². The molecule has 0 aliphatic heterocycles. The van der Waals surface area contributed by atoms with Crippen LogP contribution in [0.5, 0.6) is 0 Å². The van der Waals surface area contributed by atoms with E-state index in [0.717, 1.165) is 17.6 Å². The Labute approximate surface area is 91.3 Å². The zero-order valence-corrected chi connectivity index (χ0v) is 9.46. The molecule has 76 valence electrons. The van der Waals surface area contributed by atoms with Crippen molar-refractivity contribution in [1.82, 2.24) is 9.88 Å². The van der Waals surface area contributed by atoms with Crippen molar-refractivity contribution in [3.8, 4) is 0 Å². The van der Waals surface area contributed by atoms with Crippen molar-refractivity contribution < 1.29 is 0 Å². The zero-order chi connectivity index (χ0) is 9.97. The van der Waals surface area contributed by atoms with Gasteiger partial charge in [-0.1, -0.05) is 0 Å². The van der Waals surface area contributed by atoms with E-state index in [-0.39, 0.29) is 5.56 Å². The van der Waals surface area contributed by atoms with Gasteiger partial charge >= 0.3 is 0 Å². The van der Waals surface area contributed by atoms with Gasteiger partial charge in [0.1, 0.15) is 0 Å². The topological polar surface area (TPSA) is 34.0 Å². The maximum absolute atomic E-state index is 11.4. The molecule has 0 saturated heterocycles. The van der Waals surface area contributed by atoms with E-state index in [1.807, 2.05) is 6.20 Å². The van der Waals surface area contributed by atoms with Crippen LogP contribution in [0.1, 0.15) is 12.8 Å². The van der Waals surface area contributed by atoms with Gasteiger partial charge in [-0.3, -0.25) is 4.79 Å². The lowest BCUT2D eigenvalue weighted by molar-refractivity contribution is 0.582. The third-order valence-electron chi connectivity index (χ3n) is 2.31. The van der Waals surface area contributed by atoms with Crippen LogP contribution in [0.2, 0.25) is 0 Å². The average Bonchev–Trinajstić information content (AvgIpc) is 2.95. The molecule has 2 rings (SSSR count). The molecule has 4 heteroatoms. The summed E-state index contributed by atoms with van der Waals surface area (Å²) in [5.41, 5.74) is 0.0609. The Morgan fingerprint density at radius 3 is 3.00 bits per heavy atom. The molecule has 0 amide bonds. The number of hydrogen-bond donors (Lipinski definition) is 1. The third-order valence-corrected chi connectivity index (χ3v) is 2.78. The number of aromatic nitrogens is 1. The van der Waals surface area contributed by atoms with E-state index in [1.54, 1.807) is 16.7 Å². The predicted octanol–water partition coefficient (Wildman–Crippen LogP) is 1.36. The van der Waals surface area contributed by atoms with Crippen molar-refractivity contribution in [3.05, 3.63) is 33.2 Å². The van der Waals surface area contributed by atoms with Crippen molar-refractivity contribution in [2.45, 2.75) is 25.4 Å². The zero-order valence-electron chi connectivity index (χ0n) is 7.87. The third kappa shape index (κ3) is 2.69. The summed E-state index contributed by atoms with van der Waals surface area (Å²) in [5, 5.41) is 3.38. The molecule has 1 N–H and O–H groups in total. The van der Waals surface area contributed by atoms with Crippen LogP contribution < -0.4 is 10.9 Å². The molecular weight excluding hydrogens is 244 g/mol. The van der Waals surface area contributed by atoms with Crippen molar-refractivity contribution >= 4 is 15.9 Å². The second-order valence-corrected chi connectivity index (χ2v) is 4.52. The summed E-state index contributed by atoms with van der Waals surface area (Å²) in [6.45, 7) is 1.62. The van der Waals surface area contributed by atoms with Gasteiger partial charge in [0, 0.05) is 35.9 Å². The Hall–Kier alpha value is -0.610. The van der Waals surface area contributed by atoms with Gasteiger partial charge < -0.3 is 9.88 Å². The molecule has 0 aromatic carbocycles. The first-order valence-electron chi connectivity index (χ1n) is 4.85. The van der Waals surface area contributed by atoms with E-state index < -0.39 is 0 Å². The molecule has 1 fully saturated rings. The second-order valence-electron chi connectivity index (χ2n) is 3.61. The monoisotopic (exact) mass is 256 g/mol. The molecular formula is C10H13BrN2O. The Morgan fingerprint density at radius 2 is 2.29 bits per heavy atom. The minimum absolute atomic E-state index is 0.0609. The average molecular weight is 257 g/mol. The SMILES string of the molecule is O=c1ccc(Br)cn1CCNC1CC1. The van der Waals surface area contributed by atoms with E-state index >= 15 is 0 Å². The van der Waals surface area contributed by atoms with Crippen LogP contribution >= 0.6 is 15.9 Å². The minimum Gasteiger partial charge on any atom is -0.313 e. The molecule has 3 nitrogen and oxygen atoms in total. The first-order chi connectivity index (χ1) is 6.75. The van der Waals surface area contributed by atoms with Crippen LogP contribution in [-0.4, -0.2) is 17.2 Å². The highest BCUT2D eigenvalue weighted by molar-refractivity contribution is 9.10. The quantitative estimate of drug-likeness (QED) is 0.883. The molecule has 1 heterocycles. The lowest BCUT2D eigenvalue weighted by Crippen LogP contribution is -2.27. The van der Waals surface area contributed by atoms with Crippen LogP contribution in [-0.2, 0) is 6.54 Å². The van der Waals surface area contributed by atoms with Crippen molar-refractivity contribution in [3.63, 3.8) is 0 Å². The smallest absolute Gasteiger partial charge is 0.250 e. The largest absolute Gasteiger partial charge is 0.313 e. The molecule has 1 aliphatic rings. The van der Waals surface area contributed by atoms with Crippen LogP contribution in [0.25, 0.3) is 0 Å². The number of pyridine rings is 1. The van der Waals surface area contributed by atoms with Crippen LogP contribution in [0.4, 0.5) is 0 Å². The van der Waals surface area contributed by atoms with E-state index in [4.69, 9.17) is 0 Å². The highest BCUT2D eigenvalue weighted by atomic mass is 79.9. The van der Waals surface area contributed by atoms with Crippen LogP contribution in [0.3, 0.4) is 0 Å².